The maximum Gasteiger partial charge on any atom is 0.416 e. The average Bonchev–Trinajstić information content (AvgIpc) is 2.72. The summed E-state index contributed by atoms with van der Waals surface area (Å²) in [6.07, 6.45) is -3.75. The second kappa shape index (κ2) is 8.54. The molecule has 0 atom stereocenters. The molecule has 0 saturated carbocycles. The van der Waals surface area contributed by atoms with Crippen LogP contribution < -0.4 is 0 Å². The largest absolute Gasteiger partial charge is 0.461 e. The van der Waals surface area contributed by atoms with Crippen LogP contribution in [0.4, 0.5) is 13.2 Å². The van der Waals surface area contributed by atoms with Gasteiger partial charge in [0, 0.05) is 13.1 Å². The molecule has 3 rings (SSSR count). The van der Waals surface area contributed by atoms with Gasteiger partial charge in [-0.15, -0.1) is 0 Å². The van der Waals surface area contributed by atoms with Crippen molar-refractivity contribution in [3.8, 4) is 0 Å². The Labute approximate surface area is 167 Å². The monoisotopic (exact) mass is 427 g/mol. The molecule has 29 heavy (non-hydrogen) atoms. The molecule has 0 aliphatic carbocycles. The molecule has 1 saturated heterocycles. The molecule has 9 heteroatoms. The minimum atomic E-state index is -4.41. The van der Waals surface area contributed by atoms with Crippen molar-refractivity contribution in [1.82, 2.24) is 4.31 Å². The lowest BCUT2D eigenvalue weighted by atomic mass is 9.98. The van der Waals surface area contributed by atoms with Crippen LogP contribution in [-0.4, -0.2) is 31.8 Å². The molecule has 1 fully saturated rings. The SMILES string of the molecule is O=C(OCc1ccc(C(F)(F)F)cc1)C1CCN(S(=O)(=O)c2ccccc2)CC1. The number of esters is 1. The molecule has 1 aliphatic heterocycles. The molecule has 1 heterocycles. The van der Waals surface area contributed by atoms with E-state index in [9.17, 15) is 26.4 Å². The molecule has 0 amide bonds. The van der Waals surface area contributed by atoms with Crippen LogP contribution in [0, 0.1) is 5.92 Å². The van der Waals surface area contributed by atoms with Crippen molar-refractivity contribution < 1.29 is 31.1 Å². The molecule has 0 radical (unpaired) electrons. The van der Waals surface area contributed by atoms with Crippen molar-refractivity contribution in [2.75, 3.05) is 13.1 Å². The van der Waals surface area contributed by atoms with E-state index in [2.05, 4.69) is 0 Å². The van der Waals surface area contributed by atoms with Gasteiger partial charge in [-0.05, 0) is 42.7 Å². The van der Waals surface area contributed by atoms with E-state index in [0.717, 1.165) is 12.1 Å². The fraction of sp³-hybridized carbons (Fsp3) is 0.350. The Morgan fingerprint density at radius 2 is 1.59 bits per heavy atom. The number of piperidine rings is 1. The predicted octanol–water partition coefficient (Wildman–Crippen LogP) is 3.85. The number of sulfonamides is 1. The summed E-state index contributed by atoms with van der Waals surface area (Å²) in [5, 5.41) is 0. The first-order valence-corrected chi connectivity index (χ1v) is 10.5. The van der Waals surface area contributed by atoms with Gasteiger partial charge in [-0.1, -0.05) is 30.3 Å². The quantitative estimate of drug-likeness (QED) is 0.680. The number of benzene rings is 2. The van der Waals surface area contributed by atoms with Crippen molar-refractivity contribution in [1.29, 1.82) is 0 Å². The van der Waals surface area contributed by atoms with Gasteiger partial charge in [0.25, 0.3) is 0 Å². The number of hydrogen-bond donors (Lipinski definition) is 0. The zero-order valence-corrected chi connectivity index (χ0v) is 16.2. The molecular formula is C20H20F3NO4S. The lowest BCUT2D eigenvalue weighted by Gasteiger charge is -2.30. The van der Waals surface area contributed by atoms with Crippen molar-refractivity contribution in [2.24, 2.45) is 5.92 Å². The van der Waals surface area contributed by atoms with Gasteiger partial charge in [-0.25, -0.2) is 8.42 Å². The summed E-state index contributed by atoms with van der Waals surface area (Å²) in [7, 11) is -3.59. The molecule has 0 unspecified atom stereocenters. The van der Waals surface area contributed by atoms with Crippen LogP contribution in [0.1, 0.15) is 24.0 Å². The molecule has 0 N–H and O–H groups in total. The zero-order chi connectivity index (χ0) is 21.1. The molecule has 0 spiro atoms. The van der Waals surface area contributed by atoms with E-state index in [1.165, 1.54) is 28.6 Å². The summed E-state index contributed by atoms with van der Waals surface area (Å²) in [6.45, 7) is 0.286. The fourth-order valence-electron chi connectivity index (χ4n) is 3.14. The van der Waals surface area contributed by atoms with Crippen LogP contribution in [0.25, 0.3) is 0 Å². The molecule has 5 nitrogen and oxygen atoms in total. The smallest absolute Gasteiger partial charge is 0.416 e. The predicted molar refractivity (Wildman–Crippen MR) is 99.2 cm³/mol. The van der Waals surface area contributed by atoms with Gasteiger partial charge in [-0.3, -0.25) is 4.79 Å². The average molecular weight is 427 g/mol. The Balaban J connectivity index is 1.51. The first kappa shape index (κ1) is 21.3. The summed E-state index contributed by atoms with van der Waals surface area (Å²) in [5.41, 5.74) is -0.310. The lowest BCUT2D eigenvalue weighted by molar-refractivity contribution is -0.151. The third-order valence-corrected chi connectivity index (χ3v) is 6.74. The van der Waals surface area contributed by atoms with Crippen LogP contribution >= 0.6 is 0 Å². The summed E-state index contributed by atoms with van der Waals surface area (Å²) in [4.78, 5) is 12.5. The van der Waals surface area contributed by atoms with E-state index in [0.29, 0.717) is 18.4 Å². The van der Waals surface area contributed by atoms with Gasteiger partial charge in [0.15, 0.2) is 0 Å². The second-order valence-electron chi connectivity index (χ2n) is 6.79. The number of alkyl halides is 3. The molecular weight excluding hydrogens is 407 g/mol. The molecule has 0 bridgehead atoms. The summed E-state index contributed by atoms with van der Waals surface area (Å²) in [6, 6.07) is 12.5. The van der Waals surface area contributed by atoms with Crippen LogP contribution in [0.3, 0.4) is 0 Å². The highest BCUT2D eigenvalue weighted by Gasteiger charge is 2.33. The van der Waals surface area contributed by atoms with Crippen LogP contribution in [0.15, 0.2) is 59.5 Å². The summed E-state index contributed by atoms with van der Waals surface area (Å²) in [5.74, 6) is -0.909. The molecule has 1 aliphatic rings. The number of carbonyl (C=O) groups excluding carboxylic acids is 1. The summed E-state index contributed by atoms with van der Waals surface area (Å²) < 4.78 is 69.5. The first-order valence-electron chi connectivity index (χ1n) is 9.06. The number of rotatable bonds is 5. The van der Waals surface area contributed by atoms with Gasteiger partial charge in [0.05, 0.1) is 16.4 Å². The third kappa shape index (κ3) is 5.16. The number of nitrogens with zero attached hydrogens (tertiary/aromatic N) is 1. The van der Waals surface area contributed by atoms with Crippen molar-refractivity contribution >= 4 is 16.0 Å². The number of halogens is 3. The molecule has 156 valence electrons. The topological polar surface area (TPSA) is 63.7 Å². The Bertz CT molecular complexity index is 936. The Kier molecular flexibility index (Phi) is 6.28. The number of hydrogen-bond acceptors (Lipinski definition) is 4. The molecule has 2 aromatic rings. The van der Waals surface area contributed by atoms with Gasteiger partial charge in [-0.2, -0.15) is 17.5 Å². The highest BCUT2D eigenvalue weighted by molar-refractivity contribution is 7.89. The minimum Gasteiger partial charge on any atom is -0.461 e. The minimum absolute atomic E-state index is 0.125. The normalized spacial score (nSPS) is 16.5. The molecule has 2 aromatic carbocycles. The Morgan fingerprint density at radius 1 is 1.00 bits per heavy atom. The van der Waals surface area contributed by atoms with Gasteiger partial charge in [0.2, 0.25) is 10.0 Å². The van der Waals surface area contributed by atoms with Gasteiger partial charge >= 0.3 is 12.1 Å². The van der Waals surface area contributed by atoms with E-state index >= 15 is 0 Å². The fourth-order valence-corrected chi connectivity index (χ4v) is 4.63. The first-order chi connectivity index (χ1) is 13.7. The second-order valence-corrected chi connectivity index (χ2v) is 8.73. The molecule has 0 aromatic heterocycles. The van der Waals surface area contributed by atoms with E-state index in [4.69, 9.17) is 4.74 Å². The summed E-state index contributed by atoms with van der Waals surface area (Å²) >= 11 is 0. The Morgan fingerprint density at radius 3 is 2.14 bits per heavy atom. The van der Waals surface area contributed by atoms with E-state index < -0.39 is 33.7 Å². The van der Waals surface area contributed by atoms with E-state index in [1.54, 1.807) is 18.2 Å². The maximum absolute atomic E-state index is 12.6. The van der Waals surface area contributed by atoms with Crippen LogP contribution in [0.2, 0.25) is 0 Å². The van der Waals surface area contributed by atoms with Crippen molar-refractivity contribution in [2.45, 2.75) is 30.5 Å². The lowest BCUT2D eigenvalue weighted by Crippen LogP contribution is -2.40. The standard InChI is InChI=1S/C20H20F3NO4S/c21-20(22,23)17-8-6-15(7-9-17)14-28-19(25)16-10-12-24(13-11-16)29(26,27)18-4-2-1-3-5-18/h1-9,16H,10-14H2. The van der Waals surface area contributed by atoms with Crippen LogP contribution in [0.5, 0.6) is 0 Å². The van der Waals surface area contributed by atoms with Crippen molar-refractivity contribution in [3.63, 3.8) is 0 Å². The van der Waals surface area contributed by atoms with E-state index in [-0.39, 0.29) is 24.6 Å². The number of carbonyl (C=O) groups is 1. The Hall–Kier alpha value is -2.39. The van der Waals surface area contributed by atoms with Crippen LogP contribution in [-0.2, 0) is 32.3 Å². The highest BCUT2D eigenvalue weighted by Crippen LogP contribution is 2.29. The highest BCUT2D eigenvalue weighted by atomic mass is 32.2. The zero-order valence-electron chi connectivity index (χ0n) is 15.4. The maximum atomic E-state index is 12.6. The van der Waals surface area contributed by atoms with Gasteiger partial charge in [0.1, 0.15) is 6.61 Å². The van der Waals surface area contributed by atoms with Gasteiger partial charge < -0.3 is 4.74 Å². The number of ether oxygens (including phenoxy) is 1. The third-order valence-electron chi connectivity index (χ3n) is 4.83. The van der Waals surface area contributed by atoms with E-state index in [1.807, 2.05) is 0 Å². The van der Waals surface area contributed by atoms with Crippen molar-refractivity contribution in [3.05, 3.63) is 65.7 Å².